The lowest BCUT2D eigenvalue weighted by atomic mass is 9.94. The SMILES string of the molecule is CCOC(=O)c1ccc(S(=O)(=O)N2CCN(CC(=O)N(CC)C3CCCCC3)CC2)o1. The van der Waals surface area contributed by atoms with Crippen molar-refractivity contribution in [3.8, 4) is 0 Å². The highest BCUT2D eigenvalue weighted by atomic mass is 32.2. The van der Waals surface area contributed by atoms with Crippen LogP contribution in [0.5, 0.6) is 0 Å². The van der Waals surface area contributed by atoms with Gasteiger partial charge in [0.25, 0.3) is 10.0 Å². The minimum atomic E-state index is -3.84. The van der Waals surface area contributed by atoms with E-state index in [2.05, 4.69) is 0 Å². The van der Waals surface area contributed by atoms with Crippen molar-refractivity contribution in [2.45, 2.75) is 57.1 Å². The van der Waals surface area contributed by atoms with E-state index in [4.69, 9.17) is 9.15 Å². The molecule has 0 spiro atoms. The highest BCUT2D eigenvalue weighted by Crippen LogP contribution is 2.23. The predicted molar refractivity (Wildman–Crippen MR) is 114 cm³/mol. The molecule has 2 heterocycles. The van der Waals surface area contributed by atoms with Gasteiger partial charge in [0.05, 0.1) is 13.2 Å². The molecule has 31 heavy (non-hydrogen) atoms. The van der Waals surface area contributed by atoms with Crippen LogP contribution in [0, 0.1) is 0 Å². The van der Waals surface area contributed by atoms with Crippen molar-refractivity contribution in [1.82, 2.24) is 14.1 Å². The number of likely N-dealkylation sites (N-methyl/N-ethyl adjacent to an activating group) is 1. The molecule has 1 aliphatic heterocycles. The van der Waals surface area contributed by atoms with Gasteiger partial charge in [-0.1, -0.05) is 19.3 Å². The summed E-state index contributed by atoms with van der Waals surface area (Å²) < 4.78 is 37.1. The monoisotopic (exact) mass is 455 g/mol. The van der Waals surface area contributed by atoms with Crippen LogP contribution in [0.4, 0.5) is 0 Å². The minimum Gasteiger partial charge on any atom is -0.460 e. The first-order valence-electron chi connectivity index (χ1n) is 11.2. The van der Waals surface area contributed by atoms with Crippen molar-refractivity contribution in [2.24, 2.45) is 0 Å². The lowest BCUT2D eigenvalue weighted by Crippen LogP contribution is -2.52. The standard InChI is InChI=1S/C21H33N3O6S/c1-3-24(17-8-6-5-7-9-17)19(25)16-22-12-14-23(15-13-22)31(27,28)20-11-10-18(30-20)21(26)29-4-2/h10-11,17H,3-9,12-16H2,1-2H3. The zero-order valence-electron chi connectivity index (χ0n) is 18.4. The van der Waals surface area contributed by atoms with Crippen LogP contribution in [0.3, 0.4) is 0 Å². The second-order valence-electron chi connectivity index (χ2n) is 7.99. The lowest BCUT2D eigenvalue weighted by Gasteiger charge is -2.37. The molecule has 174 valence electrons. The maximum absolute atomic E-state index is 12.9. The third-order valence-electron chi connectivity index (χ3n) is 6.02. The molecule has 1 aromatic rings. The summed E-state index contributed by atoms with van der Waals surface area (Å²) in [5.41, 5.74) is 0. The Balaban J connectivity index is 1.55. The molecule has 0 atom stereocenters. The summed E-state index contributed by atoms with van der Waals surface area (Å²) in [6.45, 7) is 6.35. The van der Waals surface area contributed by atoms with Crippen LogP contribution in [0.15, 0.2) is 21.6 Å². The van der Waals surface area contributed by atoms with Crippen LogP contribution < -0.4 is 0 Å². The molecule has 1 saturated heterocycles. The van der Waals surface area contributed by atoms with Gasteiger partial charge in [-0.25, -0.2) is 13.2 Å². The number of furan rings is 1. The van der Waals surface area contributed by atoms with E-state index in [0.29, 0.717) is 32.2 Å². The first kappa shape index (κ1) is 23.7. The molecule has 3 rings (SSSR count). The number of carbonyl (C=O) groups is 2. The molecule has 10 heteroatoms. The van der Waals surface area contributed by atoms with Gasteiger partial charge in [0.1, 0.15) is 0 Å². The molecule has 1 aromatic heterocycles. The molecular weight excluding hydrogens is 422 g/mol. The molecule has 1 amide bonds. The summed E-state index contributed by atoms with van der Waals surface area (Å²) in [6.07, 6.45) is 5.74. The molecular formula is C21H33N3O6S. The summed E-state index contributed by atoms with van der Waals surface area (Å²) in [6, 6.07) is 2.92. The highest BCUT2D eigenvalue weighted by molar-refractivity contribution is 7.89. The lowest BCUT2D eigenvalue weighted by molar-refractivity contribution is -0.135. The van der Waals surface area contributed by atoms with Crippen molar-refractivity contribution < 1.29 is 27.2 Å². The summed E-state index contributed by atoms with van der Waals surface area (Å²) in [7, 11) is -3.84. The van der Waals surface area contributed by atoms with E-state index in [9.17, 15) is 18.0 Å². The molecule has 0 aromatic carbocycles. The van der Waals surface area contributed by atoms with Gasteiger partial charge in [0.15, 0.2) is 0 Å². The van der Waals surface area contributed by atoms with Crippen LogP contribution in [-0.4, -0.2) is 86.3 Å². The van der Waals surface area contributed by atoms with Gasteiger partial charge in [-0.2, -0.15) is 4.31 Å². The van der Waals surface area contributed by atoms with Crippen molar-refractivity contribution >= 4 is 21.9 Å². The highest BCUT2D eigenvalue weighted by Gasteiger charge is 2.33. The van der Waals surface area contributed by atoms with Gasteiger partial charge in [0, 0.05) is 38.8 Å². The number of amides is 1. The molecule has 2 fully saturated rings. The number of nitrogens with zero attached hydrogens (tertiary/aromatic N) is 3. The fourth-order valence-corrected chi connectivity index (χ4v) is 5.67. The number of ether oxygens (including phenoxy) is 1. The Kier molecular flexibility index (Phi) is 8.12. The summed E-state index contributed by atoms with van der Waals surface area (Å²) in [4.78, 5) is 28.6. The Morgan fingerprint density at radius 2 is 1.77 bits per heavy atom. The molecule has 1 aliphatic carbocycles. The van der Waals surface area contributed by atoms with Crippen molar-refractivity contribution in [3.63, 3.8) is 0 Å². The van der Waals surface area contributed by atoms with Crippen molar-refractivity contribution in [1.29, 1.82) is 0 Å². The second-order valence-corrected chi connectivity index (χ2v) is 9.86. The van der Waals surface area contributed by atoms with E-state index in [1.807, 2.05) is 16.7 Å². The molecule has 0 bridgehead atoms. The van der Waals surface area contributed by atoms with Gasteiger partial charge in [-0.3, -0.25) is 9.69 Å². The van der Waals surface area contributed by atoms with Crippen LogP contribution in [0.2, 0.25) is 0 Å². The number of piperazine rings is 1. The number of esters is 1. The van der Waals surface area contributed by atoms with E-state index in [1.54, 1.807) is 6.92 Å². The third-order valence-corrected chi connectivity index (χ3v) is 7.79. The molecule has 9 nitrogen and oxygen atoms in total. The largest absolute Gasteiger partial charge is 0.460 e. The summed E-state index contributed by atoms with van der Waals surface area (Å²) in [5, 5.41) is -0.269. The van der Waals surface area contributed by atoms with Crippen LogP contribution in [0.1, 0.15) is 56.5 Å². The van der Waals surface area contributed by atoms with E-state index >= 15 is 0 Å². The van der Waals surface area contributed by atoms with Crippen molar-refractivity contribution in [2.75, 3.05) is 45.9 Å². The van der Waals surface area contributed by atoms with Crippen LogP contribution in [-0.2, 0) is 19.6 Å². The fraction of sp³-hybridized carbons (Fsp3) is 0.714. The van der Waals surface area contributed by atoms with Crippen LogP contribution in [0.25, 0.3) is 0 Å². The minimum absolute atomic E-state index is 0.121. The number of rotatable bonds is 8. The van der Waals surface area contributed by atoms with E-state index in [-0.39, 0.29) is 36.5 Å². The molecule has 1 saturated carbocycles. The molecule has 2 aliphatic rings. The van der Waals surface area contributed by atoms with Gasteiger partial charge in [-0.05, 0) is 38.8 Å². The maximum atomic E-state index is 12.9. The number of carbonyl (C=O) groups excluding carboxylic acids is 2. The number of sulfonamides is 1. The number of hydrogen-bond acceptors (Lipinski definition) is 7. The first-order valence-corrected chi connectivity index (χ1v) is 12.6. The zero-order chi connectivity index (χ0) is 22.4. The van der Waals surface area contributed by atoms with Gasteiger partial charge in [-0.15, -0.1) is 0 Å². The zero-order valence-corrected chi connectivity index (χ0v) is 19.2. The summed E-state index contributed by atoms with van der Waals surface area (Å²) >= 11 is 0. The Hall–Kier alpha value is -1.91. The normalized spacial score (nSPS) is 19.3. The average molecular weight is 456 g/mol. The van der Waals surface area contributed by atoms with Gasteiger partial charge >= 0.3 is 5.97 Å². The Morgan fingerprint density at radius 1 is 1.10 bits per heavy atom. The quantitative estimate of drug-likeness (QED) is 0.552. The Morgan fingerprint density at radius 3 is 2.39 bits per heavy atom. The van der Waals surface area contributed by atoms with Gasteiger partial charge < -0.3 is 14.1 Å². The van der Waals surface area contributed by atoms with Crippen molar-refractivity contribution in [3.05, 3.63) is 17.9 Å². The predicted octanol–water partition coefficient (Wildman–Crippen LogP) is 1.94. The first-order chi connectivity index (χ1) is 14.9. The Bertz CT molecular complexity index is 854. The topological polar surface area (TPSA) is 100 Å². The third kappa shape index (κ3) is 5.67. The fourth-order valence-electron chi connectivity index (χ4n) is 4.34. The Labute approximate surface area is 184 Å². The van der Waals surface area contributed by atoms with E-state index < -0.39 is 16.0 Å². The number of hydrogen-bond donors (Lipinski definition) is 0. The van der Waals surface area contributed by atoms with Crippen LogP contribution >= 0.6 is 0 Å². The smallest absolute Gasteiger partial charge is 0.374 e. The van der Waals surface area contributed by atoms with Gasteiger partial charge in [0.2, 0.25) is 16.8 Å². The van der Waals surface area contributed by atoms with E-state index in [0.717, 1.165) is 12.8 Å². The maximum Gasteiger partial charge on any atom is 0.374 e. The summed E-state index contributed by atoms with van der Waals surface area (Å²) in [5.74, 6) is -0.700. The molecule has 0 N–H and O–H groups in total. The second kappa shape index (κ2) is 10.6. The molecule has 0 unspecified atom stereocenters. The average Bonchev–Trinajstić information content (AvgIpc) is 3.27. The molecule has 0 radical (unpaired) electrons. The van der Waals surface area contributed by atoms with E-state index in [1.165, 1.54) is 35.7 Å².